The molecule has 0 unspecified atom stereocenters. The number of carbonyl (C=O) groups excluding carboxylic acids is 3. The normalized spacial score (nSPS) is 10.6. The molecular weight excluding hydrogens is 323 g/mol. The first-order valence-electron chi connectivity index (χ1n) is 6.49. The summed E-state index contributed by atoms with van der Waals surface area (Å²) in [5.74, 6) is 0. The van der Waals surface area contributed by atoms with Gasteiger partial charge in [-0.25, -0.2) is 14.4 Å². The fraction of sp³-hybridized carbons (Fsp3) is 0.250. The van der Waals surface area contributed by atoms with Crippen molar-refractivity contribution in [3.63, 3.8) is 0 Å². The standard InChI is InChI=1S/C6H15N6O4P.C6H4/c7-4(13)10-1-17(16,2-11-5(8)14)3-12-6(9)15;1-2-6-4-3-5(1)6/h1-3H2,(H3,7,10,13)(H3,8,11,14)(H3,9,12,15);1-4H. The average molecular weight is 342 g/mol. The lowest BCUT2D eigenvalue weighted by molar-refractivity contribution is 0.250. The lowest BCUT2D eigenvalue weighted by atomic mass is 9.95. The number of benzene rings is 1. The molecule has 0 saturated carbocycles. The zero-order chi connectivity index (χ0) is 17.5. The summed E-state index contributed by atoms with van der Waals surface area (Å²) in [6, 6.07) is 5.87. The van der Waals surface area contributed by atoms with E-state index in [1.807, 2.05) is 0 Å². The zero-order valence-corrected chi connectivity index (χ0v) is 13.1. The number of fused-ring (bicyclic) bond motifs is 1. The van der Waals surface area contributed by atoms with Crippen LogP contribution in [0.3, 0.4) is 0 Å². The monoisotopic (exact) mass is 342 g/mol. The highest BCUT2D eigenvalue weighted by Crippen LogP contribution is 2.41. The van der Waals surface area contributed by atoms with Crippen LogP contribution in [0.25, 0.3) is 11.1 Å². The van der Waals surface area contributed by atoms with Crippen LogP contribution in [0.1, 0.15) is 0 Å². The molecule has 11 heteroatoms. The van der Waals surface area contributed by atoms with Crippen LogP contribution in [-0.2, 0) is 4.57 Å². The third-order valence-electron chi connectivity index (χ3n) is 2.84. The van der Waals surface area contributed by atoms with Gasteiger partial charge in [0.15, 0.2) is 0 Å². The maximum atomic E-state index is 12.1. The Kier molecular flexibility index (Phi) is 6.40. The quantitative estimate of drug-likeness (QED) is 0.401. The van der Waals surface area contributed by atoms with E-state index >= 15 is 0 Å². The van der Waals surface area contributed by atoms with Crippen molar-refractivity contribution in [1.29, 1.82) is 0 Å². The molecule has 0 bridgehead atoms. The maximum absolute atomic E-state index is 12.1. The molecule has 0 atom stereocenters. The third kappa shape index (κ3) is 6.70. The fourth-order valence-electron chi connectivity index (χ4n) is 1.50. The molecule has 0 aliphatic heterocycles. The third-order valence-corrected chi connectivity index (χ3v) is 5.05. The number of nitrogens with two attached hydrogens (primary N) is 3. The number of amides is 6. The molecule has 0 radical (unpaired) electrons. The van der Waals surface area contributed by atoms with Crippen molar-refractivity contribution in [2.75, 3.05) is 18.9 Å². The zero-order valence-electron chi connectivity index (χ0n) is 12.2. The van der Waals surface area contributed by atoms with Gasteiger partial charge in [0.05, 0.1) is 18.9 Å². The second kappa shape index (κ2) is 8.04. The van der Waals surface area contributed by atoms with E-state index in [2.05, 4.69) is 40.2 Å². The van der Waals surface area contributed by atoms with Gasteiger partial charge in [0.1, 0.15) is 7.14 Å². The minimum Gasteiger partial charge on any atom is -0.352 e. The van der Waals surface area contributed by atoms with Gasteiger partial charge in [-0.2, -0.15) is 0 Å². The molecule has 0 saturated heterocycles. The van der Waals surface area contributed by atoms with E-state index in [-0.39, 0.29) is 18.9 Å². The number of primary amides is 3. The number of hydrogen-bond donors (Lipinski definition) is 6. The van der Waals surface area contributed by atoms with Crippen LogP contribution >= 0.6 is 7.14 Å². The molecule has 10 nitrogen and oxygen atoms in total. The van der Waals surface area contributed by atoms with Crippen molar-refractivity contribution in [3.05, 3.63) is 24.3 Å². The minimum atomic E-state index is -3.12. The summed E-state index contributed by atoms with van der Waals surface area (Å²) < 4.78 is 12.1. The van der Waals surface area contributed by atoms with Crippen molar-refractivity contribution < 1.29 is 18.9 Å². The van der Waals surface area contributed by atoms with Gasteiger partial charge in [0.2, 0.25) is 0 Å². The van der Waals surface area contributed by atoms with E-state index < -0.39 is 25.2 Å². The van der Waals surface area contributed by atoms with Gasteiger partial charge in [0.25, 0.3) is 0 Å². The van der Waals surface area contributed by atoms with E-state index in [0.29, 0.717) is 0 Å². The Morgan fingerprint density at radius 1 is 0.739 bits per heavy atom. The second-order valence-electron chi connectivity index (χ2n) is 4.73. The van der Waals surface area contributed by atoms with Gasteiger partial charge in [0, 0.05) is 0 Å². The van der Waals surface area contributed by atoms with Crippen LogP contribution < -0.4 is 33.2 Å². The smallest absolute Gasteiger partial charge is 0.312 e. The molecular formula is C12H19N6O4P. The molecule has 9 N–H and O–H groups in total. The predicted molar refractivity (Wildman–Crippen MR) is 85.8 cm³/mol. The van der Waals surface area contributed by atoms with Crippen LogP contribution in [0.2, 0.25) is 0 Å². The summed E-state index contributed by atoms with van der Waals surface area (Å²) in [5.41, 5.74) is 17.3. The van der Waals surface area contributed by atoms with Crippen molar-refractivity contribution in [2.24, 2.45) is 17.2 Å². The maximum Gasteiger partial charge on any atom is 0.312 e. The lowest BCUT2D eigenvalue weighted by Crippen LogP contribution is -2.38. The highest BCUT2D eigenvalue weighted by atomic mass is 31.2. The van der Waals surface area contributed by atoms with Gasteiger partial charge in [-0.1, -0.05) is 24.3 Å². The Bertz CT molecular complexity index is 560. The number of urea groups is 3. The van der Waals surface area contributed by atoms with Crippen LogP contribution in [0.15, 0.2) is 24.3 Å². The molecule has 0 aromatic heterocycles. The molecule has 2 rings (SSSR count). The van der Waals surface area contributed by atoms with Gasteiger partial charge >= 0.3 is 18.1 Å². The van der Waals surface area contributed by atoms with Crippen molar-refractivity contribution in [1.82, 2.24) is 16.0 Å². The summed E-state index contributed by atoms with van der Waals surface area (Å²) in [6.45, 7) is 0. The molecule has 0 spiro atoms. The van der Waals surface area contributed by atoms with Crippen LogP contribution in [0, 0.1) is 0 Å². The molecule has 2 aliphatic rings. The SMILES string of the molecule is NC(=O)NCP(=O)(CNC(N)=O)CNC(N)=O.c1cc2ccc1-2. The fourth-order valence-corrected chi connectivity index (χ4v) is 3.16. The van der Waals surface area contributed by atoms with Crippen molar-refractivity contribution >= 4 is 25.2 Å². The average Bonchev–Trinajstić information content (AvgIpc) is 2.45. The summed E-state index contributed by atoms with van der Waals surface area (Å²) >= 11 is 0. The van der Waals surface area contributed by atoms with E-state index in [4.69, 9.17) is 17.2 Å². The first-order valence-corrected chi connectivity index (χ1v) is 8.75. The van der Waals surface area contributed by atoms with E-state index in [0.717, 1.165) is 0 Å². The number of hydrogen-bond acceptors (Lipinski definition) is 4. The first kappa shape index (κ1) is 18.3. The van der Waals surface area contributed by atoms with Crippen LogP contribution in [0.4, 0.5) is 14.4 Å². The van der Waals surface area contributed by atoms with Crippen LogP contribution in [0.5, 0.6) is 0 Å². The predicted octanol–water partition coefficient (Wildman–Crippen LogP) is -0.106. The molecule has 0 aromatic carbocycles. The molecule has 0 aromatic rings. The summed E-state index contributed by atoms with van der Waals surface area (Å²) in [6.07, 6.45) is -0.866. The Labute approximate surface area is 132 Å². The summed E-state index contributed by atoms with van der Waals surface area (Å²) in [5, 5.41) is 6.38. The topological polar surface area (TPSA) is 182 Å². The summed E-state index contributed by atoms with van der Waals surface area (Å²) in [4.78, 5) is 31.5. The summed E-state index contributed by atoms with van der Waals surface area (Å²) in [7, 11) is -3.12. The molecule has 0 heterocycles. The second-order valence-corrected chi connectivity index (χ2v) is 7.80. The van der Waals surface area contributed by atoms with E-state index in [1.165, 1.54) is 11.1 Å². The Morgan fingerprint density at radius 2 is 1.00 bits per heavy atom. The highest BCUT2D eigenvalue weighted by Gasteiger charge is 2.23. The van der Waals surface area contributed by atoms with Gasteiger partial charge < -0.3 is 37.7 Å². The van der Waals surface area contributed by atoms with Crippen LogP contribution in [-0.4, -0.2) is 37.0 Å². The van der Waals surface area contributed by atoms with E-state index in [9.17, 15) is 18.9 Å². The molecule has 23 heavy (non-hydrogen) atoms. The van der Waals surface area contributed by atoms with Gasteiger partial charge in [-0.15, -0.1) is 0 Å². The van der Waals surface area contributed by atoms with Gasteiger partial charge in [-0.3, -0.25) is 0 Å². The molecule has 6 amide bonds. The minimum absolute atomic E-state index is 0.289. The van der Waals surface area contributed by atoms with Crippen molar-refractivity contribution in [3.8, 4) is 11.1 Å². The van der Waals surface area contributed by atoms with E-state index in [1.54, 1.807) is 0 Å². The lowest BCUT2D eigenvalue weighted by Gasteiger charge is -2.18. The highest BCUT2D eigenvalue weighted by molar-refractivity contribution is 7.63. The van der Waals surface area contributed by atoms with Gasteiger partial charge in [-0.05, 0) is 11.1 Å². The van der Waals surface area contributed by atoms with Crippen molar-refractivity contribution in [2.45, 2.75) is 0 Å². The number of carbonyl (C=O) groups is 3. The molecule has 126 valence electrons. The number of rotatable bonds is 6. The Balaban J connectivity index is 0.000000354. The first-order chi connectivity index (χ1) is 10.7. The number of nitrogens with one attached hydrogen (secondary N) is 3. The molecule has 2 aliphatic carbocycles. The largest absolute Gasteiger partial charge is 0.352 e. The molecule has 0 fully saturated rings. The Hall–Kier alpha value is -2.74. The Morgan fingerprint density at radius 3 is 1.13 bits per heavy atom.